The molecule has 0 bridgehead atoms. The summed E-state index contributed by atoms with van der Waals surface area (Å²) in [7, 11) is 0. The average molecular weight is 295 g/mol. The Morgan fingerprint density at radius 1 is 1.18 bits per heavy atom. The Bertz CT molecular complexity index is 670. The molecule has 0 fully saturated rings. The minimum atomic E-state index is 0.521. The summed E-state index contributed by atoms with van der Waals surface area (Å²) in [6, 6.07) is 11.1. The lowest BCUT2D eigenvalue weighted by Crippen LogP contribution is -2.31. The van der Waals surface area contributed by atoms with E-state index in [4.69, 9.17) is 0 Å². The largest absolute Gasteiger partial charge is 0.334 e. The van der Waals surface area contributed by atoms with E-state index in [1.165, 1.54) is 5.56 Å². The molecule has 0 radical (unpaired) electrons. The van der Waals surface area contributed by atoms with Crippen LogP contribution in [0.2, 0.25) is 0 Å². The van der Waals surface area contributed by atoms with Crippen molar-refractivity contribution in [1.29, 1.82) is 0 Å². The Labute approximate surface area is 131 Å². The summed E-state index contributed by atoms with van der Waals surface area (Å²) in [4.78, 5) is 4.15. The number of rotatable bonds is 7. The third kappa shape index (κ3) is 3.64. The predicted octanol–water partition coefficient (Wildman–Crippen LogP) is 3.06. The molecule has 0 saturated heterocycles. The number of hydrogen-bond acceptors (Lipinski definition) is 1. The molecule has 114 valence electrons. The van der Waals surface area contributed by atoms with Crippen LogP contribution in [0.3, 0.4) is 0 Å². The van der Waals surface area contributed by atoms with Crippen LogP contribution in [0.25, 0.3) is 0 Å². The first-order chi connectivity index (χ1) is 10.8. The van der Waals surface area contributed by atoms with Crippen LogP contribution >= 0.6 is 0 Å². The van der Waals surface area contributed by atoms with Gasteiger partial charge in [0.15, 0.2) is 0 Å². The molecule has 0 N–H and O–H groups in total. The maximum atomic E-state index is 4.15. The lowest BCUT2D eigenvalue weighted by atomic mass is 10.1. The van der Waals surface area contributed by atoms with E-state index in [-0.39, 0.29) is 0 Å². The van der Waals surface area contributed by atoms with Crippen molar-refractivity contribution in [2.45, 2.75) is 38.9 Å². The number of aromatic nitrogens is 4. The van der Waals surface area contributed by atoms with Crippen LogP contribution in [0.4, 0.5) is 0 Å². The van der Waals surface area contributed by atoms with Gasteiger partial charge in [-0.1, -0.05) is 37.3 Å². The number of hydrogen-bond donors (Lipinski definition) is 0. The molecule has 0 amide bonds. The van der Waals surface area contributed by atoms with E-state index in [2.05, 4.69) is 80.9 Å². The van der Waals surface area contributed by atoms with Crippen molar-refractivity contribution in [3.63, 3.8) is 0 Å². The molecule has 1 unspecified atom stereocenters. The van der Waals surface area contributed by atoms with Gasteiger partial charge >= 0.3 is 0 Å². The summed E-state index contributed by atoms with van der Waals surface area (Å²) in [5, 5.41) is 0. The third-order valence-electron chi connectivity index (χ3n) is 4.09. The van der Waals surface area contributed by atoms with Gasteiger partial charge in [-0.3, -0.25) is 0 Å². The summed E-state index contributed by atoms with van der Waals surface area (Å²) in [5.74, 6) is 0. The van der Waals surface area contributed by atoms with Gasteiger partial charge in [0.25, 0.3) is 0 Å². The summed E-state index contributed by atoms with van der Waals surface area (Å²) < 4.78 is 6.71. The zero-order valence-electron chi connectivity index (χ0n) is 13.0. The second kappa shape index (κ2) is 7.07. The molecule has 1 atom stereocenters. The quantitative estimate of drug-likeness (QED) is 0.615. The Hall–Kier alpha value is -2.36. The second-order valence-corrected chi connectivity index (χ2v) is 5.67. The highest BCUT2D eigenvalue weighted by atomic mass is 15.1. The van der Waals surface area contributed by atoms with Gasteiger partial charge in [-0.15, -0.1) is 0 Å². The van der Waals surface area contributed by atoms with Gasteiger partial charge in [0.2, 0.25) is 6.33 Å². The lowest BCUT2D eigenvalue weighted by Gasteiger charge is -2.14. The molecule has 2 aromatic heterocycles. The highest BCUT2D eigenvalue weighted by Crippen LogP contribution is 2.16. The van der Waals surface area contributed by atoms with Gasteiger partial charge in [0.1, 0.15) is 18.9 Å². The molecule has 0 aliphatic heterocycles. The molecule has 0 spiro atoms. The normalized spacial score (nSPS) is 12.4. The van der Waals surface area contributed by atoms with Gasteiger partial charge in [-0.2, -0.15) is 0 Å². The predicted molar refractivity (Wildman–Crippen MR) is 86.3 cm³/mol. The van der Waals surface area contributed by atoms with Gasteiger partial charge in [0, 0.05) is 24.9 Å². The number of imidazole rings is 2. The lowest BCUT2D eigenvalue weighted by molar-refractivity contribution is -0.687. The Morgan fingerprint density at radius 3 is 2.77 bits per heavy atom. The molecule has 4 nitrogen and oxygen atoms in total. The van der Waals surface area contributed by atoms with Crippen molar-refractivity contribution < 1.29 is 4.57 Å². The molecule has 3 rings (SSSR count). The SMILES string of the molecule is CCC(CCn1cc[n+](Cc2ccccc2)c1)n1ccnc1. The number of benzene rings is 1. The van der Waals surface area contributed by atoms with Crippen molar-refractivity contribution in [2.24, 2.45) is 0 Å². The first-order valence-corrected chi connectivity index (χ1v) is 7.91. The van der Waals surface area contributed by atoms with Crippen molar-refractivity contribution in [3.8, 4) is 0 Å². The van der Waals surface area contributed by atoms with Crippen LogP contribution in [0.15, 0.2) is 67.8 Å². The van der Waals surface area contributed by atoms with E-state index < -0.39 is 0 Å². The van der Waals surface area contributed by atoms with Crippen LogP contribution in [-0.4, -0.2) is 14.1 Å². The molecule has 0 saturated carbocycles. The van der Waals surface area contributed by atoms with Crippen LogP contribution < -0.4 is 4.57 Å². The van der Waals surface area contributed by atoms with Crippen LogP contribution in [0.5, 0.6) is 0 Å². The fraction of sp³-hybridized carbons (Fsp3) is 0.333. The monoisotopic (exact) mass is 295 g/mol. The zero-order valence-corrected chi connectivity index (χ0v) is 13.0. The maximum absolute atomic E-state index is 4.15. The summed E-state index contributed by atoms with van der Waals surface area (Å²) in [5.41, 5.74) is 1.33. The van der Waals surface area contributed by atoms with Gasteiger partial charge in [-0.05, 0) is 12.0 Å². The molecule has 4 heteroatoms. The molecular formula is C18H23N4+. The van der Waals surface area contributed by atoms with E-state index in [1.807, 2.05) is 12.5 Å². The molecular weight excluding hydrogens is 272 g/mol. The van der Waals surface area contributed by atoms with Gasteiger partial charge < -0.3 is 4.57 Å². The minimum absolute atomic E-state index is 0.521. The summed E-state index contributed by atoms with van der Waals surface area (Å²) >= 11 is 0. The topological polar surface area (TPSA) is 26.6 Å². The smallest absolute Gasteiger partial charge is 0.244 e. The molecule has 0 aliphatic carbocycles. The molecule has 0 aliphatic rings. The average Bonchev–Trinajstić information content (AvgIpc) is 3.21. The van der Waals surface area contributed by atoms with E-state index >= 15 is 0 Å². The Morgan fingerprint density at radius 2 is 2.05 bits per heavy atom. The number of nitrogens with zero attached hydrogens (tertiary/aromatic N) is 4. The molecule has 22 heavy (non-hydrogen) atoms. The van der Waals surface area contributed by atoms with Crippen molar-refractivity contribution in [1.82, 2.24) is 14.1 Å². The molecule has 1 aromatic carbocycles. The highest BCUT2D eigenvalue weighted by molar-refractivity contribution is 5.13. The zero-order chi connectivity index (χ0) is 15.2. The minimum Gasteiger partial charge on any atom is -0.334 e. The van der Waals surface area contributed by atoms with Gasteiger partial charge in [0.05, 0.1) is 12.9 Å². The van der Waals surface area contributed by atoms with Crippen molar-refractivity contribution >= 4 is 0 Å². The maximum Gasteiger partial charge on any atom is 0.244 e. The molecule has 3 aromatic rings. The van der Waals surface area contributed by atoms with Crippen LogP contribution in [0.1, 0.15) is 31.4 Å². The van der Waals surface area contributed by atoms with Crippen molar-refractivity contribution in [3.05, 3.63) is 73.3 Å². The van der Waals surface area contributed by atoms with Crippen molar-refractivity contribution in [2.75, 3.05) is 0 Å². The standard InChI is InChI=1S/C18H23N4/c1-2-18(22-11-9-19-15-22)8-10-20-12-13-21(16-20)14-17-6-4-3-5-7-17/h3-7,9,11-13,15-16,18H,2,8,10,14H2,1H3/q+1. The summed E-state index contributed by atoms with van der Waals surface area (Å²) in [6.07, 6.45) is 14.6. The van der Waals surface area contributed by atoms with Gasteiger partial charge in [-0.25, -0.2) is 14.1 Å². The van der Waals surface area contributed by atoms with E-state index in [0.29, 0.717) is 6.04 Å². The molecule has 2 heterocycles. The Balaban J connectivity index is 1.57. The second-order valence-electron chi connectivity index (χ2n) is 5.67. The Kier molecular flexibility index (Phi) is 4.68. The van der Waals surface area contributed by atoms with Crippen LogP contribution in [0, 0.1) is 0 Å². The fourth-order valence-electron chi connectivity index (χ4n) is 2.81. The summed E-state index contributed by atoms with van der Waals surface area (Å²) in [6.45, 7) is 4.18. The number of aryl methyl sites for hydroxylation is 1. The fourth-order valence-corrected chi connectivity index (χ4v) is 2.81. The van der Waals surface area contributed by atoms with E-state index in [9.17, 15) is 0 Å². The van der Waals surface area contributed by atoms with E-state index in [0.717, 1.165) is 25.9 Å². The first kappa shape index (κ1) is 14.6. The first-order valence-electron chi connectivity index (χ1n) is 7.91. The third-order valence-corrected chi connectivity index (χ3v) is 4.09. The van der Waals surface area contributed by atoms with Crippen LogP contribution in [-0.2, 0) is 13.1 Å². The highest BCUT2D eigenvalue weighted by Gasteiger charge is 2.11. The van der Waals surface area contributed by atoms with E-state index in [1.54, 1.807) is 0 Å².